The number of hydrogen-bond donors (Lipinski definition) is 2. The third-order valence-corrected chi connectivity index (χ3v) is 8.06. The number of nitrogens with zero attached hydrogens (tertiary/aromatic N) is 1. The molecule has 3 rings (SSSR count). The van der Waals surface area contributed by atoms with Crippen LogP contribution in [0.25, 0.3) is 0 Å². The van der Waals surface area contributed by atoms with Crippen molar-refractivity contribution in [3.63, 3.8) is 0 Å². The highest BCUT2D eigenvalue weighted by atomic mass is 32.2. The summed E-state index contributed by atoms with van der Waals surface area (Å²) in [5, 5.41) is 8.72. The minimum Gasteiger partial charge on any atom is -0.476 e. The lowest BCUT2D eigenvalue weighted by Gasteiger charge is -2.40. The van der Waals surface area contributed by atoms with E-state index in [9.17, 15) is 17.6 Å². The number of nitrogens with one attached hydrogen (secondary N) is 1. The van der Waals surface area contributed by atoms with Crippen LogP contribution in [0, 0.1) is 5.92 Å². The number of rotatable bonds is 5. The van der Waals surface area contributed by atoms with Crippen LogP contribution in [-0.2, 0) is 14.8 Å². The fourth-order valence-corrected chi connectivity index (χ4v) is 6.25. The molecule has 7 nitrogen and oxygen atoms in total. The number of thioether (sulfide) groups is 1. The van der Waals surface area contributed by atoms with Crippen LogP contribution in [0.4, 0.5) is 10.1 Å². The topological polar surface area (TPSA) is 95.9 Å². The smallest absolute Gasteiger partial charge is 0.368 e. The quantitative estimate of drug-likeness (QED) is 0.378. The number of fused-ring (bicyclic) bond motifs is 1. The lowest BCUT2D eigenvalue weighted by molar-refractivity contribution is -0.134. The van der Waals surface area contributed by atoms with E-state index in [0.29, 0.717) is 23.4 Å². The van der Waals surface area contributed by atoms with Gasteiger partial charge in [0.05, 0.1) is 10.6 Å². The number of benzene rings is 1. The van der Waals surface area contributed by atoms with E-state index < -0.39 is 21.8 Å². The standard InChI is InChI=1S/C21H29FN2O5S2/c1-21(2,3)24-11-15(13-7-5-6-8-13)23-31(27,28)19-10-17(18(30-4)9-16(19)24)29-12-14(22)20(25)26/h9-10,12-13,15,23H,5-8,11H2,1-4H3,(H,25,26)/b14-12-/t15-/m0/s1. The summed E-state index contributed by atoms with van der Waals surface area (Å²) >= 11 is 1.31. The summed E-state index contributed by atoms with van der Waals surface area (Å²) < 4.78 is 48.3. The number of hydrogen-bond acceptors (Lipinski definition) is 6. The van der Waals surface area contributed by atoms with Crippen LogP contribution in [0.15, 0.2) is 34.0 Å². The van der Waals surface area contributed by atoms with Crippen molar-refractivity contribution in [1.82, 2.24) is 4.72 Å². The Labute approximate surface area is 187 Å². The van der Waals surface area contributed by atoms with Gasteiger partial charge in [0.1, 0.15) is 16.9 Å². The minimum absolute atomic E-state index is 0.0415. The fourth-order valence-electron chi connectivity index (χ4n) is 4.21. The molecule has 1 atom stereocenters. The van der Waals surface area contributed by atoms with Gasteiger partial charge in [0.15, 0.2) is 0 Å². The van der Waals surface area contributed by atoms with Crippen LogP contribution >= 0.6 is 11.8 Å². The largest absolute Gasteiger partial charge is 0.476 e. The highest BCUT2D eigenvalue weighted by Crippen LogP contribution is 2.42. The van der Waals surface area contributed by atoms with Crippen molar-refractivity contribution in [1.29, 1.82) is 0 Å². The molecule has 1 aromatic carbocycles. The summed E-state index contributed by atoms with van der Waals surface area (Å²) in [7, 11) is -3.87. The Kier molecular flexibility index (Phi) is 6.93. The lowest BCUT2D eigenvalue weighted by Crippen LogP contribution is -2.50. The highest BCUT2D eigenvalue weighted by molar-refractivity contribution is 7.98. The molecule has 0 bridgehead atoms. The van der Waals surface area contributed by atoms with Crippen LogP contribution in [-0.4, -0.2) is 43.9 Å². The van der Waals surface area contributed by atoms with Gasteiger partial charge < -0.3 is 14.7 Å². The van der Waals surface area contributed by atoms with Crippen molar-refractivity contribution in [3.05, 3.63) is 24.2 Å². The van der Waals surface area contributed by atoms with E-state index in [1.165, 1.54) is 17.8 Å². The molecule has 10 heteroatoms. The summed E-state index contributed by atoms with van der Waals surface area (Å²) in [5.41, 5.74) is 0.209. The number of carbonyl (C=O) groups is 1. The molecule has 0 unspecified atom stereocenters. The van der Waals surface area contributed by atoms with E-state index in [2.05, 4.69) is 9.62 Å². The maximum Gasteiger partial charge on any atom is 0.368 e. The number of halogens is 1. The molecule has 0 amide bonds. The SMILES string of the molecule is CSc1cc2c(cc1O/C=C(\F)C(=O)O)S(=O)(=O)N[C@H](C1CCCC1)CN2C(C)(C)C. The number of ether oxygens (including phenoxy) is 1. The third-order valence-electron chi connectivity index (χ3n) is 5.78. The van der Waals surface area contributed by atoms with E-state index >= 15 is 0 Å². The zero-order chi connectivity index (χ0) is 23.0. The molecule has 2 N–H and O–H groups in total. The Morgan fingerprint density at radius 3 is 2.52 bits per heavy atom. The molecule has 31 heavy (non-hydrogen) atoms. The molecule has 1 fully saturated rings. The number of carboxylic acid groups (broad SMARTS) is 1. The van der Waals surface area contributed by atoms with Crippen molar-refractivity contribution in [2.45, 2.75) is 67.8 Å². The van der Waals surface area contributed by atoms with Gasteiger partial charge in [-0.3, -0.25) is 0 Å². The Morgan fingerprint density at radius 1 is 1.32 bits per heavy atom. The first-order valence-corrected chi connectivity index (χ1v) is 12.9. The first kappa shape index (κ1) is 23.9. The van der Waals surface area contributed by atoms with Gasteiger partial charge in [-0.2, -0.15) is 4.39 Å². The Balaban J connectivity index is 2.13. The predicted octanol–water partition coefficient (Wildman–Crippen LogP) is 4.14. The van der Waals surface area contributed by atoms with Crippen LogP contribution in [0.2, 0.25) is 0 Å². The summed E-state index contributed by atoms with van der Waals surface area (Å²) in [5.74, 6) is -2.87. The van der Waals surface area contributed by atoms with Crippen LogP contribution < -0.4 is 14.4 Å². The van der Waals surface area contributed by atoms with E-state index in [0.717, 1.165) is 25.7 Å². The normalized spacial score (nSPS) is 22.2. The van der Waals surface area contributed by atoms with Crippen LogP contribution in [0.1, 0.15) is 46.5 Å². The molecule has 172 valence electrons. The second-order valence-corrected chi connectivity index (χ2v) is 11.4. The molecular formula is C21H29FN2O5S2. The van der Waals surface area contributed by atoms with E-state index in [1.807, 2.05) is 20.8 Å². The minimum atomic E-state index is -3.87. The molecule has 0 radical (unpaired) electrons. The first-order chi connectivity index (χ1) is 14.4. The first-order valence-electron chi connectivity index (χ1n) is 10.2. The molecule has 1 heterocycles. The fraction of sp³-hybridized carbons (Fsp3) is 0.571. The average molecular weight is 473 g/mol. The van der Waals surface area contributed by atoms with Crippen molar-refractivity contribution in [2.24, 2.45) is 5.92 Å². The molecule has 0 aromatic heterocycles. The van der Waals surface area contributed by atoms with Gasteiger partial charge in [0, 0.05) is 24.2 Å². The van der Waals surface area contributed by atoms with Gasteiger partial charge in [0.2, 0.25) is 15.9 Å². The zero-order valence-electron chi connectivity index (χ0n) is 18.1. The summed E-state index contributed by atoms with van der Waals surface area (Å²) in [6.45, 7) is 6.65. The second-order valence-electron chi connectivity index (χ2n) is 8.91. The molecule has 2 aliphatic rings. The van der Waals surface area contributed by atoms with Gasteiger partial charge in [0.25, 0.3) is 0 Å². The molecule has 0 saturated heterocycles. The van der Waals surface area contributed by atoms with Crippen molar-refractivity contribution in [3.8, 4) is 5.75 Å². The van der Waals surface area contributed by atoms with Gasteiger partial charge >= 0.3 is 5.97 Å². The number of anilines is 1. The second kappa shape index (κ2) is 8.99. The number of sulfonamides is 1. The molecule has 1 aliphatic heterocycles. The van der Waals surface area contributed by atoms with Crippen LogP contribution in [0.5, 0.6) is 5.75 Å². The summed E-state index contributed by atoms with van der Waals surface area (Å²) in [4.78, 5) is 13.4. The lowest BCUT2D eigenvalue weighted by atomic mass is 9.95. The zero-order valence-corrected chi connectivity index (χ0v) is 19.8. The maximum atomic E-state index is 13.4. The van der Waals surface area contributed by atoms with Gasteiger partial charge in [-0.25, -0.2) is 17.9 Å². The Bertz CT molecular complexity index is 982. The van der Waals surface area contributed by atoms with Crippen molar-refractivity contribution < 1.29 is 27.4 Å². The van der Waals surface area contributed by atoms with Gasteiger partial charge in [-0.15, -0.1) is 11.8 Å². The molecule has 1 aliphatic carbocycles. The molecule has 1 aromatic rings. The van der Waals surface area contributed by atoms with Gasteiger partial charge in [-0.1, -0.05) is 12.8 Å². The summed E-state index contributed by atoms with van der Waals surface area (Å²) in [6, 6.07) is 2.86. The average Bonchev–Trinajstić information content (AvgIpc) is 3.18. The van der Waals surface area contributed by atoms with Crippen molar-refractivity contribution >= 4 is 33.4 Å². The summed E-state index contributed by atoms with van der Waals surface area (Å²) in [6.07, 6.45) is 6.45. The van der Waals surface area contributed by atoms with Crippen LogP contribution in [0.3, 0.4) is 0 Å². The molecule has 1 saturated carbocycles. The van der Waals surface area contributed by atoms with E-state index in [4.69, 9.17) is 9.84 Å². The molecular weight excluding hydrogens is 443 g/mol. The van der Waals surface area contributed by atoms with Crippen molar-refractivity contribution in [2.75, 3.05) is 17.7 Å². The number of carboxylic acids is 1. The Hall–Kier alpha value is -1.78. The number of aliphatic carboxylic acids is 1. The van der Waals surface area contributed by atoms with Gasteiger partial charge in [-0.05, 0) is 51.9 Å². The predicted molar refractivity (Wildman–Crippen MR) is 119 cm³/mol. The van der Waals surface area contributed by atoms with E-state index in [-0.39, 0.29) is 28.1 Å². The monoisotopic (exact) mass is 472 g/mol. The van der Waals surface area contributed by atoms with E-state index in [1.54, 1.807) is 12.3 Å². The third kappa shape index (κ3) is 5.18. The maximum absolute atomic E-state index is 13.4. The highest BCUT2D eigenvalue weighted by Gasteiger charge is 2.39. The molecule has 0 spiro atoms. The Morgan fingerprint density at radius 2 is 1.97 bits per heavy atom.